The Balaban J connectivity index is 3.33. The van der Waals surface area contributed by atoms with Crippen LogP contribution in [0.3, 0.4) is 0 Å². The maximum atomic E-state index is 12.4. The van der Waals surface area contributed by atoms with Crippen molar-refractivity contribution in [1.82, 2.24) is 9.37 Å². The lowest BCUT2D eigenvalue weighted by molar-refractivity contribution is -0.0757. The smallest absolute Gasteiger partial charge is 0.274 e. The average Bonchev–Trinajstić information content (AvgIpc) is 2.46. The minimum Gasteiger partial charge on any atom is -0.274 e. The van der Waals surface area contributed by atoms with E-state index in [0.29, 0.717) is 13.1 Å². The minimum atomic E-state index is -3.64. The van der Waals surface area contributed by atoms with Crippen LogP contribution in [0.5, 0.6) is 0 Å². The molecule has 0 atom stereocenters. The number of nitrogens with zero attached hydrogens (tertiary/aromatic N) is 2. The van der Waals surface area contributed by atoms with Crippen molar-refractivity contribution in [1.29, 1.82) is 0 Å². The Morgan fingerprint density at radius 1 is 1.29 bits per heavy atom. The van der Waals surface area contributed by atoms with Gasteiger partial charge in [0.15, 0.2) is 0 Å². The Kier molecular flexibility index (Phi) is 6.15. The number of rotatable bonds is 6. The number of benzene rings is 1. The van der Waals surface area contributed by atoms with Crippen LogP contribution >= 0.6 is 11.6 Å². The molecule has 0 N–H and O–H groups in total. The molecule has 0 bridgehead atoms. The molecule has 118 valence electrons. The van der Waals surface area contributed by atoms with Crippen LogP contribution in [0.4, 0.5) is 0 Å². The van der Waals surface area contributed by atoms with E-state index in [1.807, 2.05) is 0 Å². The van der Waals surface area contributed by atoms with Crippen LogP contribution in [0, 0.1) is 0 Å². The van der Waals surface area contributed by atoms with E-state index in [9.17, 15) is 13.2 Å². The van der Waals surface area contributed by atoms with Crippen molar-refractivity contribution >= 4 is 27.5 Å². The fourth-order valence-electron chi connectivity index (χ4n) is 1.79. The van der Waals surface area contributed by atoms with Crippen LogP contribution in [0.15, 0.2) is 23.1 Å². The molecule has 0 spiro atoms. The number of hydrogen-bond donors (Lipinski definition) is 0. The second-order valence-electron chi connectivity index (χ2n) is 4.22. The van der Waals surface area contributed by atoms with Crippen molar-refractivity contribution in [3.8, 4) is 0 Å². The molecule has 0 aliphatic heterocycles. The number of sulfonamides is 1. The summed E-state index contributed by atoms with van der Waals surface area (Å²) in [6.45, 7) is 4.20. The van der Waals surface area contributed by atoms with Gasteiger partial charge in [-0.1, -0.05) is 25.4 Å². The largest absolute Gasteiger partial charge is 0.278 e. The lowest BCUT2D eigenvalue weighted by Crippen LogP contribution is -2.31. The highest BCUT2D eigenvalue weighted by molar-refractivity contribution is 7.89. The molecule has 0 radical (unpaired) electrons. The van der Waals surface area contributed by atoms with Crippen LogP contribution < -0.4 is 0 Å². The van der Waals surface area contributed by atoms with Gasteiger partial charge in [-0.05, 0) is 18.2 Å². The Morgan fingerprint density at radius 2 is 1.86 bits per heavy atom. The molecule has 0 fully saturated rings. The molecule has 0 aromatic heterocycles. The Bertz CT molecular complexity index is 615. The predicted octanol–water partition coefficient (Wildman–Crippen LogP) is 2.00. The van der Waals surface area contributed by atoms with E-state index < -0.39 is 15.9 Å². The van der Waals surface area contributed by atoms with Gasteiger partial charge in [-0.3, -0.25) is 9.63 Å². The summed E-state index contributed by atoms with van der Waals surface area (Å²) in [7, 11) is -0.887. The molecule has 0 heterocycles. The van der Waals surface area contributed by atoms with E-state index in [0.717, 1.165) is 5.06 Å². The van der Waals surface area contributed by atoms with Gasteiger partial charge in [-0.15, -0.1) is 0 Å². The first-order valence-corrected chi connectivity index (χ1v) is 8.23. The molecule has 1 aromatic carbocycles. The zero-order valence-electron chi connectivity index (χ0n) is 12.5. The SMILES string of the molecule is CCN(CC)S(=O)(=O)c1ccc(Cl)c(C(=O)N(C)OC)c1. The summed E-state index contributed by atoms with van der Waals surface area (Å²) in [5, 5.41) is 1.15. The van der Waals surface area contributed by atoms with Crippen molar-refractivity contribution in [2.45, 2.75) is 18.7 Å². The van der Waals surface area contributed by atoms with E-state index >= 15 is 0 Å². The molecule has 0 aliphatic rings. The highest BCUT2D eigenvalue weighted by Gasteiger charge is 2.24. The molecule has 21 heavy (non-hydrogen) atoms. The zero-order chi connectivity index (χ0) is 16.2. The lowest BCUT2D eigenvalue weighted by Gasteiger charge is -2.20. The number of carbonyl (C=O) groups excluding carboxylic acids is 1. The highest BCUT2D eigenvalue weighted by Crippen LogP contribution is 2.24. The lowest BCUT2D eigenvalue weighted by atomic mass is 10.2. The summed E-state index contributed by atoms with van der Waals surface area (Å²) in [6.07, 6.45) is 0. The first kappa shape index (κ1) is 17.9. The third-order valence-electron chi connectivity index (χ3n) is 3.07. The van der Waals surface area contributed by atoms with Gasteiger partial charge in [0.2, 0.25) is 10.0 Å². The summed E-state index contributed by atoms with van der Waals surface area (Å²) in [4.78, 5) is 16.9. The van der Waals surface area contributed by atoms with Gasteiger partial charge >= 0.3 is 0 Å². The molecular weight excluding hydrogens is 316 g/mol. The van der Waals surface area contributed by atoms with Gasteiger partial charge in [-0.25, -0.2) is 13.5 Å². The minimum absolute atomic E-state index is 0.0310. The highest BCUT2D eigenvalue weighted by atomic mass is 35.5. The monoisotopic (exact) mass is 334 g/mol. The number of carbonyl (C=O) groups is 1. The number of hydroxylamine groups is 2. The molecule has 0 saturated carbocycles. The second-order valence-corrected chi connectivity index (χ2v) is 6.56. The van der Waals surface area contributed by atoms with Gasteiger partial charge in [0.25, 0.3) is 5.91 Å². The summed E-state index contributed by atoms with van der Waals surface area (Å²) >= 11 is 5.98. The van der Waals surface area contributed by atoms with Crippen molar-refractivity contribution in [2.75, 3.05) is 27.2 Å². The van der Waals surface area contributed by atoms with Gasteiger partial charge < -0.3 is 0 Å². The normalized spacial score (nSPS) is 11.7. The molecule has 1 amide bonds. The van der Waals surface area contributed by atoms with Crippen LogP contribution in [0.25, 0.3) is 0 Å². The average molecular weight is 335 g/mol. The quantitative estimate of drug-likeness (QED) is 0.746. The van der Waals surface area contributed by atoms with Crippen LogP contribution in [0.2, 0.25) is 5.02 Å². The van der Waals surface area contributed by atoms with Gasteiger partial charge in [0.05, 0.1) is 22.6 Å². The topological polar surface area (TPSA) is 66.9 Å². The molecule has 6 nitrogen and oxygen atoms in total. The molecule has 0 saturated heterocycles. The van der Waals surface area contributed by atoms with Crippen LogP contribution in [-0.4, -0.2) is 50.9 Å². The van der Waals surface area contributed by atoms with Gasteiger partial charge in [0.1, 0.15) is 0 Å². The van der Waals surface area contributed by atoms with Crippen molar-refractivity contribution in [2.24, 2.45) is 0 Å². The number of hydrogen-bond acceptors (Lipinski definition) is 4. The number of halogens is 1. The summed E-state index contributed by atoms with van der Waals surface area (Å²) in [5.74, 6) is -0.515. The Labute approximate surface area is 130 Å². The predicted molar refractivity (Wildman–Crippen MR) is 80.7 cm³/mol. The summed E-state index contributed by atoms with van der Waals surface area (Å²) < 4.78 is 26.2. The molecular formula is C13H19ClN2O4S. The Hall–Kier alpha value is -1.15. The second kappa shape index (κ2) is 7.22. The summed E-state index contributed by atoms with van der Waals surface area (Å²) in [6, 6.07) is 4.06. The maximum Gasteiger partial charge on any atom is 0.278 e. The van der Waals surface area contributed by atoms with E-state index in [-0.39, 0.29) is 15.5 Å². The van der Waals surface area contributed by atoms with E-state index in [2.05, 4.69) is 0 Å². The van der Waals surface area contributed by atoms with Gasteiger partial charge in [-0.2, -0.15) is 4.31 Å². The molecule has 1 rings (SSSR count). The molecule has 0 aliphatic carbocycles. The van der Waals surface area contributed by atoms with E-state index in [1.54, 1.807) is 13.8 Å². The first-order chi connectivity index (χ1) is 9.79. The van der Waals surface area contributed by atoms with Crippen LogP contribution in [-0.2, 0) is 14.9 Å². The Morgan fingerprint density at radius 3 is 2.33 bits per heavy atom. The third kappa shape index (κ3) is 3.74. The van der Waals surface area contributed by atoms with Crippen molar-refractivity contribution in [3.63, 3.8) is 0 Å². The van der Waals surface area contributed by atoms with Gasteiger partial charge in [0, 0.05) is 20.1 Å². The molecule has 0 unspecified atom stereocenters. The third-order valence-corrected chi connectivity index (χ3v) is 5.45. The number of amides is 1. The maximum absolute atomic E-state index is 12.4. The van der Waals surface area contributed by atoms with Crippen molar-refractivity contribution in [3.05, 3.63) is 28.8 Å². The molecule has 1 aromatic rings. The fourth-order valence-corrected chi connectivity index (χ4v) is 3.48. The molecule has 8 heteroatoms. The fraction of sp³-hybridized carbons (Fsp3) is 0.462. The summed E-state index contributed by atoms with van der Waals surface area (Å²) in [5.41, 5.74) is 0.0780. The first-order valence-electron chi connectivity index (χ1n) is 6.41. The van der Waals surface area contributed by atoms with Crippen LogP contribution in [0.1, 0.15) is 24.2 Å². The zero-order valence-corrected chi connectivity index (χ0v) is 14.0. The van der Waals surface area contributed by atoms with Crippen molar-refractivity contribution < 1.29 is 18.0 Å². The van der Waals surface area contributed by atoms with E-state index in [4.69, 9.17) is 16.4 Å². The standard InChI is InChI=1S/C13H19ClN2O4S/c1-5-16(6-2)21(18,19)10-7-8-12(14)11(9-10)13(17)15(3)20-4/h7-9H,5-6H2,1-4H3. The van der Waals surface area contributed by atoms with E-state index in [1.165, 1.54) is 36.7 Å².